The van der Waals surface area contributed by atoms with Crippen LogP contribution in [0.4, 0.5) is 0 Å². The SMILES string of the molecule is CN(CCCNCC1CCOCO1)C1CCCCC1. The summed E-state index contributed by atoms with van der Waals surface area (Å²) in [4.78, 5) is 2.56. The molecule has 0 radical (unpaired) electrons. The highest BCUT2D eigenvalue weighted by molar-refractivity contribution is 4.73. The first-order valence-electron chi connectivity index (χ1n) is 7.96. The molecule has 1 saturated heterocycles. The van der Waals surface area contributed by atoms with Crippen molar-refractivity contribution >= 4 is 0 Å². The highest BCUT2D eigenvalue weighted by Gasteiger charge is 2.17. The van der Waals surface area contributed by atoms with Crippen molar-refractivity contribution in [1.82, 2.24) is 10.2 Å². The van der Waals surface area contributed by atoms with Crippen LogP contribution in [0.1, 0.15) is 44.9 Å². The smallest absolute Gasteiger partial charge is 0.147 e. The fourth-order valence-corrected chi connectivity index (χ4v) is 3.08. The Bertz CT molecular complexity index is 226. The second kappa shape index (κ2) is 8.90. The Kier molecular flexibility index (Phi) is 7.14. The number of rotatable bonds is 7. The summed E-state index contributed by atoms with van der Waals surface area (Å²) in [6, 6.07) is 0.840. The number of hydrogen-bond donors (Lipinski definition) is 1. The average Bonchev–Trinajstić information content (AvgIpc) is 2.49. The molecule has 0 bridgehead atoms. The third-order valence-corrected chi connectivity index (χ3v) is 4.41. The van der Waals surface area contributed by atoms with E-state index in [1.807, 2.05) is 0 Å². The van der Waals surface area contributed by atoms with E-state index in [1.54, 1.807) is 0 Å². The van der Waals surface area contributed by atoms with E-state index >= 15 is 0 Å². The summed E-state index contributed by atoms with van der Waals surface area (Å²) in [7, 11) is 2.29. The van der Waals surface area contributed by atoms with Gasteiger partial charge in [0.15, 0.2) is 0 Å². The van der Waals surface area contributed by atoms with E-state index in [4.69, 9.17) is 9.47 Å². The van der Waals surface area contributed by atoms with Gasteiger partial charge in [-0.2, -0.15) is 0 Å². The molecule has 0 aromatic heterocycles. The van der Waals surface area contributed by atoms with Crippen molar-refractivity contribution in [2.45, 2.75) is 57.1 Å². The molecule has 4 nitrogen and oxygen atoms in total. The van der Waals surface area contributed by atoms with Gasteiger partial charge in [-0.1, -0.05) is 19.3 Å². The third kappa shape index (κ3) is 5.78. The van der Waals surface area contributed by atoms with Gasteiger partial charge in [0.2, 0.25) is 0 Å². The van der Waals surface area contributed by atoms with Crippen LogP contribution in [0.15, 0.2) is 0 Å². The molecule has 0 aromatic rings. The molecule has 112 valence electrons. The highest BCUT2D eigenvalue weighted by Crippen LogP contribution is 2.21. The predicted molar refractivity (Wildman–Crippen MR) is 77.3 cm³/mol. The van der Waals surface area contributed by atoms with Gasteiger partial charge in [-0.15, -0.1) is 0 Å². The Balaban J connectivity index is 1.46. The Hall–Kier alpha value is -0.160. The van der Waals surface area contributed by atoms with Crippen LogP contribution >= 0.6 is 0 Å². The van der Waals surface area contributed by atoms with Gasteiger partial charge in [-0.3, -0.25) is 0 Å². The maximum Gasteiger partial charge on any atom is 0.147 e. The summed E-state index contributed by atoms with van der Waals surface area (Å²) in [5.41, 5.74) is 0. The minimum Gasteiger partial charge on any atom is -0.355 e. The van der Waals surface area contributed by atoms with Crippen LogP contribution in [0.5, 0.6) is 0 Å². The fraction of sp³-hybridized carbons (Fsp3) is 1.00. The minimum atomic E-state index is 0.352. The molecule has 1 heterocycles. The van der Waals surface area contributed by atoms with Gasteiger partial charge in [-0.05, 0) is 45.8 Å². The topological polar surface area (TPSA) is 33.7 Å². The maximum absolute atomic E-state index is 5.51. The van der Waals surface area contributed by atoms with E-state index in [-0.39, 0.29) is 0 Å². The van der Waals surface area contributed by atoms with Crippen molar-refractivity contribution in [3.63, 3.8) is 0 Å². The van der Waals surface area contributed by atoms with E-state index in [0.717, 1.165) is 32.2 Å². The maximum atomic E-state index is 5.51. The lowest BCUT2D eigenvalue weighted by Crippen LogP contribution is -2.37. The molecule has 1 N–H and O–H groups in total. The molecule has 1 saturated carbocycles. The Morgan fingerprint density at radius 2 is 2.00 bits per heavy atom. The van der Waals surface area contributed by atoms with Crippen LogP contribution in [-0.4, -0.2) is 57.1 Å². The quantitative estimate of drug-likeness (QED) is 0.717. The van der Waals surface area contributed by atoms with Crippen LogP contribution in [0.25, 0.3) is 0 Å². The third-order valence-electron chi connectivity index (χ3n) is 4.41. The van der Waals surface area contributed by atoms with E-state index in [0.29, 0.717) is 12.9 Å². The zero-order valence-electron chi connectivity index (χ0n) is 12.4. The standard InChI is InChI=1S/C15H30N2O2/c1-17(14-6-3-2-4-7-14)10-5-9-16-12-15-8-11-18-13-19-15/h14-16H,2-13H2,1H3. The number of hydrogen-bond acceptors (Lipinski definition) is 4. The average molecular weight is 270 g/mol. The second-order valence-electron chi connectivity index (χ2n) is 5.93. The molecular weight excluding hydrogens is 240 g/mol. The lowest BCUT2D eigenvalue weighted by molar-refractivity contribution is -0.137. The van der Waals surface area contributed by atoms with Crippen LogP contribution in [0.3, 0.4) is 0 Å². The molecule has 2 aliphatic rings. The largest absolute Gasteiger partial charge is 0.355 e. The van der Waals surface area contributed by atoms with Gasteiger partial charge >= 0.3 is 0 Å². The van der Waals surface area contributed by atoms with Gasteiger partial charge in [0.05, 0.1) is 12.7 Å². The molecule has 4 heteroatoms. The Morgan fingerprint density at radius 3 is 2.74 bits per heavy atom. The van der Waals surface area contributed by atoms with Gasteiger partial charge in [0, 0.05) is 12.6 Å². The van der Waals surface area contributed by atoms with Crippen molar-refractivity contribution < 1.29 is 9.47 Å². The summed E-state index contributed by atoms with van der Waals surface area (Å²) < 4.78 is 10.7. The van der Waals surface area contributed by atoms with E-state index < -0.39 is 0 Å². The van der Waals surface area contributed by atoms with E-state index in [2.05, 4.69) is 17.3 Å². The van der Waals surface area contributed by atoms with Gasteiger partial charge in [0.1, 0.15) is 6.79 Å². The van der Waals surface area contributed by atoms with Crippen LogP contribution in [0.2, 0.25) is 0 Å². The molecular formula is C15H30N2O2. The molecule has 0 spiro atoms. The zero-order valence-corrected chi connectivity index (χ0v) is 12.4. The first kappa shape index (κ1) is 15.2. The Labute approximate surface area is 117 Å². The number of ether oxygens (including phenoxy) is 2. The van der Waals surface area contributed by atoms with Crippen LogP contribution in [-0.2, 0) is 9.47 Å². The predicted octanol–water partition coefficient (Wildman–Crippen LogP) is 1.99. The first-order valence-corrected chi connectivity index (χ1v) is 7.96. The molecule has 2 rings (SSSR count). The van der Waals surface area contributed by atoms with Gasteiger partial charge in [0.25, 0.3) is 0 Å². The molecule has 2 fully saturated rings. The van der Waals surface area contributed by atoms with Crippen molar-refractivity contribution in [3.8, 4) is 0 Å². The lowest BCUT2D eigenvalue weighted by Gasteiger charge is -2.31. The zero-order chi connectivity index (χ0) is 13.3. The summed E-state index contributed by atoms with van der Waals surface area (Å²) >= 11 is 0. The second-order valence-corrected chi connectivity index (χ2v) is 5.93. The van der Waals surface area contributed by atoms with Crippen molar-refractivity contribution in [1.29, 1.82) is 0 Å². The van der Waals surface area contributed by atoms with E-state index in [1.165, 1.54) is 45.1 Å². The first-order chi connectivity index (χ1) is 9.36. The van der Waals surface area contributed by atoms with E-state index in [9.17, 15) is 0 Å². The summed E-state index contributed by atoms with van der Waals surface area (Å²) in [6.07, 6.45) is 9.70. The molecule has 1 atom stereocenters. The summed E-state index contributed by atoms with van der Waals surface area (Å²) in [5.74, 6) is 0. The molecule has 1 aliphatic heterocycles. The van der Waals surface area contributed by atoms with Crippen molar-refractivity contribution in [3.05, 3.63) is 0 Å². The molecule has 1 aliphatic carbocycles. The molecule has 1 unspecified atom stereocenters. The molecule has 19 heavy (non-hydrogen) atoms. The number of nitrogens with one attached hydrogen (secondary N) is 1. The van der Waals surface area contributed by atoms with Crippen molar-refractivity contribution in [2.24, 2.45) is 0 Å². The van der Waals surface area contributed by atoms with Gasteiger partial charge < -0.3 is 19.7 Å². The van der Waals surface area contributed by atoms with Crippen LogP contribution < -0.4 is 5.32 Å². The highest BCUT2D eigenvalue weighted by atomic mass is 16.7. The molecule has 0 aromatic carbocycles. The fourth-order valence-electron chi connectivity index (χ4n) is 3.08. The lowest BCUT2D eigenvalue weighted by atomic mass is 9.94. The van der Waals surface area contributed by atoms with Gasteiger partial charge in [-0.25, -0.2) is 0 Å². The minimum absolute atomic E-state index is 0.352. The summed E-state index contributed by atoms with van der Waals surface area (Å²) in [6.45, 7) is 4.59. The number of nitrogens with zero attached hydrogens (tertiary/aromatic N) is 1. The molecule has 0 amide bonds. The monoisotopic (exact) mass is 270 g/mol. The van der Waals surface area contributed by atoms with Crippen LogP contribution in [0, 0.1) is 0 Å². The summed E-state index contributed by atoms with van der Waals surface area (Å²) in [5, 5.41) is 3.51. The normalized spacial score (nSPS) is 25.9. The Morgan fingerprint density at radius 1 is 1.16 bits per heavy atom. The van der Waals surface area contributed by atoms with Crippen molar-refractivity contribution in [2.75, 3.05) is 40.1 Å².